The fourth-order valence-corrected chi connectivity index (χ4v) is 4.85. The van der Waals surface area contributed by atoms with E-state index in [4.69, 9.17) is 4.79 Å². The van der Waals surface area contributed by atoms with Gasteiger partial charge in [0.1, 0.15) is 0 Å². The van der Waals surface area contributed by atoms with Crippen molar-refractivity contribution in [3.8, 4) is 0 Å². The number of fused-ring (bicyclic) bond motifs is 2. The smallest absolute Gasteiger partial charge is 0.204 e. The Kier molecular flexibility index (Phi) is 7.94. The molecular weight excluding hydrogens is 382 g/mol. The molecule has 0 unspecified atom stereocenters. The van der Waals surface area contributed by atoms with Crippen LogP contribution in [0.25, 0.3) is 0 Å². The second kappa shape index (κ2) is 10.6. The van der Waals surface area contributed by atoms with E-state index >= 15 is 0 Å². The molecule has 4 rings (SSSR count). The van der Waals surface area contributed by atoms with Gasteiger partial charge in [0, 0.05) is 18.5 Å². The highest BCUT2D eigenvalue weighted by atomic mass is 32.2. The highest BCUT2D eigenvalue weighted by Gasteiger charge is 2.25. The average molecular weight is 414 g/mol. The third-order valence-electron chi connectivity index (χ3n) is 5.46. The third kappa shape index (κ3) is 5.30. The molecule has 5 N–H and O–H groups in total. The molecule has 0 aromatic heterocycles. The Hall–Kier alpha value is -2.06. The van der Waals surface area contributed by atoms with Crippen LogP contribution in [0.4, 0.5) is 5.69 Å². The number of hydrogen-bond donors (Lipinski definition) is 4. The lowest BCUT2D eigenvalue weighted by molar-refractivity contribution is -0.106. The summed E-state index contributed by atoms with van der Waals surface area (Å²) < 4.78 is 0. The first-order valence-corrected chi connectivity index (χ1v) is 11.0. The first kappa shape index (κ1) is 21.6. The summed E-state index contributed by atoms with van der Waals surface area (Å²) in [6.07, 6.45) is 7.74. The Morgan fingerprint density at radius 3 is 2.21 bits per heavy atom. The normalized spacial score (nSPS) is 14.0. The van der Waals surface area contributed by atoms with Crippen molar-refractivity contribution in [3.05, 3.63) is 58.1 Å². The van der Waals surface area contributed by atoms with E-state index in [0.717, 1.165) is 6.54 Å². The van der Waals surface area contributed by atoms with Gasteiger partial charge in [-0.1, -0.05) is 18.2 Å². The molecule has 0 spiro atoms. The summed E-state index contributed by atoms with van der Waals surface area (Å²) in [4.78, 5) is 13.1. The van der Waals surface area contributed by atoms with Gasteiger partial charge < -0.3 is 11.1 Å². The van der Waals surface area contributed by atoms with Crippen molar-refractivity contribution in [1.82, 2.24) is 15.7 Å². The number of nitrogens with zero attached hydrogens (tertiary/aromatic N) is 1. The summed E-state index contributed by atoms with van der Waals surface area (Å²) in [5.74, 6) is 0. The van der Waals surface area contributed by atoms with E-state index in [1.165, 1.54) is 54.7 Å². The van der Waals surface area contributed by atoms with Crippen molar-refractivity contribution in [1.29, 1.82) is 0 Å². The monoisotopic (exact) mass is 413 g/mol. The lowest BCUT2D eigenvalue weighted by atomic mass is 9.98. The Bertz CT molecular complexity index is 793. The van der Waals surface area contributed by atoms with Crippen LogP contribution in [0.15, 0.2) is 35.2 Å². The fraction of sp³-hybridized carbons (Fsp3) is 0.409. The minimum absolute atomic E-state index is 0.250. The maximum atomic E-state index is 8.58. The van der Waals surface area contributed by atoms with Gasteiger partial charge in [0.05, 0.1) is 5.69 Å². The van der Waals surface area contributed by atoms with Crippen LogP contribution in [0.2, 0.25) is 0 Å². The van der Waals surface area contributed by atoms with Crippen molar-refractivity contribution in [3.63, 3.8) is 0 Å². The van der Waals surface area contributed by atoms with Gasteiger partial charge in [0.2, 0.25) is 6.41 Å². The highest BCUT2D eigenvalue weighted by Crippen LogP contribution is 2.39. The van der Waals surface area contributed by atoms with Crippen LogP contribution in [0.5, 0.6) is 0 Å². The second-order valence-corrected chi connectivity index (χ2v) is 8.27. The molecule has 0 saturated carbocycles. The zero-order valence-corrected chi connectivity index (χ0v) is 18.1. The SMILES string of the molecule is CNCc1ccc(SNNN(C)c2c3c(cc4c2CCC4)CCC3)cc1.NC=O. The van der Waals surface area contributed by atoms with E-state index < -0.39 is 0 Å². The summed E-state index contributed by atoms with van der Waals surface area (Å²) in [6.45, 7) is 0.906. The topological polar surface area (TPSA) is 82.4 Å². The maximum absolute atomic E-state index is 8.58. The number of amides is 1. The number of rotatable bonds is 7. The number of carbonyl (C=O) groups excluding carboxylic acids is 1. The first-order valence-electron chi connectivity index (χ1n) is 10.1. The number of primary amides is 1. The average Bonchev–Trinajstić information content (AvgIpc) is 3.37. The van der Waals surface area contributed by atoms with Crippen molar-refractivity contribution < 1.29 is 4.79 Å². The molecule has 6 nitrogen and oxygen atoms in total. The van der Waals surface area contributed by atoms with Crippen molar-refractivity contribution in [2.24, 2.45) is 5.73 Å². The van der Waals surface area contributed by atoms with Gasteiger partial charge in [-0.05, 0) is 97.5 Å². The number of hydrogen-bond acceptors (Lipinski definition) is 6. The van der Waals surface area contributed by atoms with Crippen molar-refractivity contribution in [2.45, 2.75) is 50.0 Å². The molecule has 2 aliphatic carbocycles. The van der Waals surface area contributed by atoms with Crippen LogP contribution in [0.1, 0.15) is 40.7 Å². The largest absolute Gasteiger partial charge is 0.372 e. The standard InChI is InChI=1S/C21H28N4S.CH3NO/c1-22-14-15-9-11-18(12-10-15)26-24-23-25(2)21-19-7-3-5-16(19)13-17-6-4-8-20(17)21;2-1-3/h9-13,22-24H,3-8,14H2,1-2H3;1H,(H2,2,3). The molecule has 0 atom stereocenters. The molecule has 0 saturated heterocycles. The molecule has 0 aliphatic heterocycles. The quantitative estimate of drug-likeness (QED) is 0.317. The number of nitrogens with two attached hydrogens (primary N) is 1. The lowest BCUT2D eigenvalue weighted by Crippen LogP contribution is -2.42. The van der Waals surface area contributed by atoms with Gasteiger partial charge in [-0.15, -0.1) is 0 Å². The fourth-order valence-electron chi connectivity index (χ4n) is 4.28. The highest BCUT2D eigenvalue weighted by molar-refractivity contribution is 7.97. The summed E-state index contributed by atoms with van der Waals surface area (Å²) in [7, 11) is 4.11. The first-order chi connectivity index (χ1) is 14.2. The van der Waals surface area contributed by atoms with Crippen molar-refractivity contribution >= 4 is 24.0 Å². The zero-order chi connectivity index (χ0) is 20.6. The minimum Gasteiger partial charge on any atom is -0.372 e. The van der Waals surface area contributed by atoms with Gasteiger partial charge in [-0.25, -0.2) is 0 Å². The van der Waals surface area contributed by atoms with Crippen LogP contribution in [0, 0.1) is 0 Å². The molecule has 156 valence electrons. The second-order valence-electron chi connectivity index (χ2n) is 7.39. The van der Waals surface area contributed by atoms with E-state index in [1.807, 2.05) is 7.05 Å². The predicted octanol–water partition coefficient (Wildman–Crippen LogP) is 2.64. The summed E-state index contributed by atoms with van der Waals surface area (Å²) >= 11 is 1.61. The van der Waals surface area contributed by atoms with Gasteiger partial charge in [-0.2, -0.15) is 10.4 Å². The van der Waals surface area contributed by atoms with Crippen LogP contribution < -0.4 is 26.4 Å². The molecule has 0 radical (unpaired) electrons. The number of nitrogens with one attached hydrogen (secondary N) is 3. The molecule has 1 amide bonds. The molecule has 2 aromatic rings. The van der Waals surface area contributed by atoms with E-state index in [-0.39, 0.29) is 6.41 Å². The maximum Gasteiger partial charge on any atom is 0.204 e. The molecule has 2 aliphatic rings. The van der Waals surface area contributed by atoms with Gasteiger partial charge in [-0.3, -0.25) is 9.80 Å². The van der Waals surface area contributed by atoms with Crippen LogP contribution in [0.3, 0.4) is 0 Å². The number of carbonyl (C=O) groups is 1. The van der Waals surface area contributed by atoms with Gasteiger partial charge in [0.25, 0.3) is 0 Å². The molecular formula is C22H31N5OS. The van der Waals surface area contributed by atoms with Crippen LogP contribution >= 0.6 is 11.9 Å². The van der Waals surface area contributed by atoms with Gasteiger partial charge in [0.15, 0.2) is 0 Å². The third-order valence-corrected chi connectivity index (χ3v) is 6.16. The Morgan fingerprint density at radius 2 is 1.66 bits per heavy atom. The molecule has 2 aromatic carbocycles. The van der Waals surface area contributed by atoms with Crippen LogP contribution in [-0.2, 0) is 37.0 Å². The van der Waals surface area contributed by atoms with Gasteiger partial charge >= 0.3 is 0 Å². The number of anilines is 1. The summed E-state index contributed by atoms with van der Waals surface area (Å²) in [5, 5.41) is 5.37. The van der Waals surface area contributed by atoms with E-state index in [2.05, 4.69) is 63.8 Å². The summed E-state index contributed by atoms with van der Waals surface area (Å²) in [6, 6.07) is 11.1. The minimum atomic E-state index is 0.250. The van der Waals surface area contributed by atoms with E-state index in [0.29, 0.717) is 0 Å². The summed E-state index contributed by atoms with van der Waals surface area (Å²) in [5.41, 5.74) is 16.5. The Morgan fingerprint density at radius 1 is 1.07 bits per heavy atom. The van der Waals surface area contributed by atoms with E-state index in [9.17, 15) is 0 Å². The molecule has 29 heavy (non-hydrogen) atoms. The zero-order valence-electron chi connectivity index (χ0n) is 17.3. The van der Waals surface area contributed by atoms with Crippen LogP contribution in [-0.4, -0.2) is 20.5 Å². The van der Waals surface area contributed by atoms with Crippen molar-refractivity contribution in [2.75, 3.05) is 19.1 Å². The lowest BCUT2D eigenvalue weighted by Gasteiger charge is -2.26. The number of benzene rings is 2. The number of hydrazine groups is 2. The Balaban J connectivity index is 0.000000755. The van der Waals surface area contributed by atoms with E-state index in [1.54, 1.807) is 34.2 Å². The molecule has 7 heteroatoms. The molecule has 0 heterocycles. The Labute approximate surface area is 177 Å². The molecule has 0 fully saturated rings. The number of aryl methyl sites for hydroxylation is 2. The molecule has 0 bridgehead atoms. The predicted molar refractivity (Wildman–Crippen MR) is 120 cm³/mol.